The number of likely N-dealkylation sites (tertiary alicyclic amines) is 1. The lowest BCUT2D eigenvalue weighted by Gasteiger charge is -2.20. The molecule has 28 heavy (non-hydrogen) atoms. The second kappa shape index (κ2) is 6.65. The number of hydrogen-bond donors (Lipinski definition) is 1. The van der Waals surface area contributed by atoms with Crippen molar-refractivity contribution in [1.29, 1.82) is 0 Å². The van der Waals surface area contributed by atoms with Crippen LogP contribution in [-0.4, -0.2) is 51.0 Å². The molecule has 2 heterocycles. The first kappa shape index (κ1) is 17.3. The van der Waals surface area contributed by atoms with Gasteiger partial charge < -0.3 is 14.7 Å². The van der Waals surface area contributed by atoms with Gasteiger partial charge in [0.2, 0.25) is 0 Å². The van der Waals surface area contributed by atoms with E-state index in [9.17, 15) is 9.59 Å². The van der Waals surface area contributed by atoms with Crippen molar-refractivity contribution >= 4 is 12.0 Å². The average molecular weight is 381 g/mol. The third-order valence-corrected chi connectivity index (χ3v) is 6.19. The molecule has 1 aliphatic heterocycles. The first-order valence-electron chi connectivity index (χ1n) is 9.91. The van der Waals surface area contributed by atoms with E-state index in [0.717, 1.165) is 29.2 Å². The van der Waals surface area contributed by atoms with Crippen molar-refractivity contribution < 1.29 is 19.4 Å². The van der Waals surface area contributed by atoms with Crippen LogP contribution >= 0.6 is 0 Å². The molecule has 3 aliphatic rings. The van der Waals surface area contributed by atoms with Crippen molar-refractivity contribution in [3.63, 3.8) is 0 Å². The number of ether oxygens (including phenoxy) is 1. The molecule has 3 atom stereocenters. The fraction of sp³-hybridized carbons (Fsp3) is 0.476. The van der Waals surface area contributed by atoms with Gasteiger partial charge in [0.15, 0.2) is 5.69 Å². The van der Waals surface area contributed by atoms with Crippen LogP contribution in [0.3, 0.4) is 0 Å². The minimum absolute atomic E-state index is 0.116. The monoisotopic (exact) mass is 381 g/mol. The predicted octanol–water partition coefficient (Wildman–Crippen LogP) is 3.22. The third-order valence-electron chi connectivity index (χ3n) is 6.19. The highest BCUT2D eigenvalue weighted by Gasteiger charge is 2.43. The molecule has 0 bridgehead atoms. The molecule has 7 heteroatoms. The molecule has 3 fully saturated rings. The molecular weight excluding hydrogens is 358 g/mol. The maximum atomic E-state index is 12.6. The lowest BCUT2D eigenvalue weighted by molar-refractivity contribution is 0.0690. The molecular formula is C21H23N3O4. The van der Waals surface area contributed by atoms with Crippen LogP contribution in [-0.2, 0) is 0 Å². The molecule has 5 rings (SSSR count). The molecule has 0 spiro atoms. The molecule has 1 saturated heterocycles. The third kappa shape index (κ3) is 3.25. The van der Waals surface area contributed by atoms with Crippen molar-refractivity contribution in [2.45, 2.75) is 37.7 Å². The van der Waals surface area contributed by atoms with Crippen LogP contribution in [0.5, 0.6) is 5.75 Å². The second-order valence-electron chi connectivity index (χ2n) is 8.22. The van der Waals surface area contributed by atoms with E-state index in [-0.39, 0.29) is 17.8 Å². The van der Waals surface area contributed by atoms with Crippen LogP contribution in [0.4, 0.5) is 4.79 Å². The Morgan fingerprint density at radius 3 is 2.50 bits per heavy atom. The van der Waals surface area contributed by atoms with E-state index in [0.29, 0.717) is 24.9 Å². The van der Waals surface area contributed by atoms with Crippen LogP contribution in [0.15, 0.2) is 36.5 Å². The molecule has 2 aliphatic carbocycles. The van der Waals surface area contributed by atoms with Gasteiger partial charge in [-0.2, -0.15) is 9.78 Å². The number of carboxylic acid groups (broad SMARTS) is 1. The molecule has 146 valence electrons. The number of hydrogen-bond acceptors (Lipinski definition) is 4. The molecule has 0 unspecified atom stereocenters. The van der Waals surface area contributed by atoms with E-state index in [4.69, 9.17) is 9.84 Å². The summed E-state index contributed by atoms with van der Waals surface area (Å²) >= 11 is 0. The highest BCUT2D eigenvalue weighted by Crippen LogP contribution is 2.42. The van der Waals surface area contributed by atoms with Gasteiger partial charge in [0.05, 0.1) is 6.10 Å². The maximum Gasteiger partial charge on any atom is 0.356 e. The number of rotatable bonds is 4. The Hall–Kier alpha value is -2.83. The molecule has 2 saturated carbocycles. The second-order valence-corrected chi connectivity index (χ2v) is 8.22. The standard InChI is InChI=1S/C21H23N3O4/c25-20(26)19-6-7-24(22-19)21(27)23-11-15-9-18(10-16(15)12-23)28-17-3-1-2-14(8-17)13-4-5-13/h1-3,6-8,13,15-16,18H,4-5,9-12H2,(H,25,26)/t15-,16+,18+. The lowest BCUT2D eigenvalue weighted by atomic mass is 10.0. The summed E-state index contributed by atoms with van der Waals surface area (Å²) in [4.78, 5) is 25.3. The van der Waals surface area contributed by atoms with Gasteiger partial charge in [0, 0.05) is 19.3 Å². The van der Waals surface area contributed by atoms with Crippen LogP contribution < -0.4 is 4.74 Å². The van der Waals surface area contributed by atoms with E-state index in [1.54, 1.807) is 4.90 Å². The highest BCUT2D eigenvalue weighted by molar-refractivity contribution is 5.86. The van der Waals surface area contributed by atoms with Gasteiger partial charge in [-0.15, -0.1) is 0 Å². The van der Waals surface area contributed by atoms with Gasteiger partial charge in [-0.25, -0.2) is 9.59 Å². The summed E-state index contributed by atoms with van der Waals surface area (Å²) in [6, 6.07) is 9.57. The van der Waals surface area contributed by atoms with Gasteiger partial charge in [-0.3, -0.25) is 0 Å². The minimum Gasteiger partial charge on any atom is -0.490 e. The molecule has 1 aromatic carbocycles. The molecule has 0 radical (unpaired) electrons. The van der Waals surface area contributed by atoms with Crippen molar-refractivity contribution in [3.8, 4) is 5.75 Å². The van der Waals surface area contributed by atoms with E-state index in [1.807, 2.05) is 6.07 Å². The average Bonchev–Trinajstić information content (AvgIpc) is 3.09. The fourth-order valence-electron chi connectivity index (χ4n) is 4.64. The zero-order valence-electron chi connectivity index (χ0n) is 15.5. The number of carbonyl (C=O) groups excluding carboxylic acids is 1. The summed E-state index contributed by atoms with van der Waals surface area (Å²) in [5, 5.41) is 12.8. The largest absolute Gasteiger partial charge is 0.490 e. The Balaban J connectivity index is 1.18. The number of nitrogens with zero attached hydrogens (tertiary/aromatic N) is 3. The summed E-state index contributed by atoms with van der Waals surface area (Å²) in [5.74, 6) is 1.40. The zero-order chi connectivity index (χ0) is 19.3. The minimum atomic E-state index is -1.13. The van der Waals surface area contributed by atoms with Gasteiger partial charge in [0.1, 0.15) is 5.75 Å². The first-order valence-corrected chi connectivity index (χ1v) is 9.91. The topological polar surface area (TPSA) is 84.7 Å². The van der Waals surface area contributed by atoms with Crippen LogP contribution in [0.1, 0.15) is 47.7 Å². The van der Waals surface area contributed by atoms with Gasteiger partial charge >= 0.3 is 12.0 Å². The van der Waals surface area contributed by atoms with Crippen LogP contribution in [0.2, 0.25) is 0 Å². The smallest absolute Gasteiger partial charge is 0.356 e. The summed E-state index contributed by atoms with van der Waals surface area (Å²) in [6.07, 6.45) is 6.07. The van der Waals surface area contributed by atoms with Crippen molar-refractivity contribution in [3.05, 3.63) is 47.8 Å². The lowest BCUT2D eigenvalue weighted by Crippen LogP contribution is -2.34. The Morgan fingerprint density at radius 2 is 1.86 bits per heavy atom. The molecule has 7 nitrogen and oxygen atoms in total. The van der Waals surface area contributed by atoms with Crippen molar-refractivity contribution in [2.24, 2.45) is 11.8 Å². The quantitative estimate of drug-likeness (QED) is 0.879. The number of benzene rings is 1. The predicted molar refractivity (Wildman–Crippen MR) is 101 cm³/mol. The van der Waals surface area contributed by atoms with Gasteiger partial charge in [-0.1, -0.05) is 12.1 Å². The number of carbonyl (C=O) groups is 2. The number of aromatic nitrogens is 2. The number of fused-ring (bicyclic) bond motifs is 1. The van der Waals surface area contributed by atoms with Gasteiger partial charge in [0.25, 0.3) is 0 Å². The Labute approximate surface area is 162 Å². The van der Waals surface area contributed by atoms with Crippen molar-refractivity contribution in [1.82, 2.24) is 14.7 Å². The molecule has 2 aromatic rings. The van der Waals surface area contributed by atoms with E-state index in [2.05, 4.69) is 23.3 Å². The Kier molecular flexibility index (Phi) is 4.10. The first-order chi connectivity index (χ1) is 13.6. The maximum absolute atomic E-state index is 12.6. The number of amides is 1. The fourth-order valence-corrected chi connectivity index (χ4v) is 4.64. The Bertz CT molecular complexity index is 906. The SMILES string of the molecule is O=C(O)c1ccn(C(=O)N2C[C@H]3C[C@H](Oc4cccc(C5CC5)c4)C[C@H]3C2)n1. The summed E-state index contributed by atoms with van der Waals surface area (Å²) in [5.41, 5.74) is 1.27. The number of aromatic carboxylic acids is 1. The Morgan fingerprint density at radius 1 is 1.11 bits per heavy atom. The van der Waals surface area contributed by atoms with E-state index in [1.165, 1.54) is 30.7 Å². The van der Waals surface area contributed by atoms with E-state index >= 15 is 0 Å². The molecule has 1 amide bonds. The normalized spacial score (nSPS) is 26.3. The molecule has 1 N–H and O–H groups in total. The van der Waals surface area contributed by atoms with Crippen LogP contribution in [0.25, 0.3) is 0 Å². The molecule has 1 aromatic heterocycles. The summed E-state index contributed by atoms with van der Waals surface area (Å²) in [7, 11) is 0. The van der Waals surface area contributed by atoms with Crippen LogP contribution in [0, 0.1) is 11.8 Å². The van der Waals surface area contributed by atoms with Gasteiger partial charge in [-0.05, 0) is 67.2 Å². The summed E-state index contributed by atoms with van der Waals surface area (Å²) < 4.78 is 7.38. The van der Waals surface area contributed by atoms with Crippen molar-refractivity contribution in [2.75, 3.05) is 13.1 Å². The highest BCUT2D eigenvalue weighted by atomic mass is 16.5. The zero-order valence-corrected chi connectivity index (χ0v) is 15.5. The van der Waals surface area contributed by atoms with E-state index < -0.39 is 5.97 Å². The summed E-state index contributed by atoms with van der Waals surface area (Å²) in [6.45, 7) is 1.35. The number of carboxylic acids is 1.